The van der Waals surface area contributed by atoms with Crippen LogP contribution in [0.5, 0.6) is 0 Å². The summed E-state index contributed by atoms with van der Waals surface area (Å²) in [6, 6.07) is 0. The van der Waals surface area contributed by atoms with Crippen LogP contribution in [0, 0.1) is 0 Å². The van der Waals surface area contributed by atoms with Crippen molar-refractivity contribution in [2.24, 2.45) is 0 Å². The summed E-state index contributed by atoms with van der Waals surface area (Å²) in [6.45, 7) is 4.49. The van der Waals surface area contributed by atoms with E-state index < -0.39 is 24.0 Å². The van der Waals surface area contributed by atoms with E-state index in [1.54, 1.807) is 10.6 Å². The second kappa shape index (κ2) is 46.4. The largest absolute Gasteiger partial charge is 1.00 e. The summed E-state index contributed by atoms with van der Waals surface area (Å²) in [5, 5.41) is 23.7. The van der Waals surface area contributed by atoms with Crippen LogP contribution in [0.25, 0.3) is 0 Å². The summed E-state index contributed by atoms with van der Waals surface area (Å²) in [5.41, 5.74) is 0. The van der Waals surface area contributed by atoms with Gasteiger partial charge in [-0.25, -0.2) is 0 Å². The van der Waals surface area contributed by atoms with Crippen LogP contribution in [-0.4, -0.2) is 24.0 Å². The molecule has 0 aromatic heterocycles. The van der Waals surface area contributed by atoms with Gasteiger partial charge in [0.2, 0.25) is 11.8 Å². The average molecular weight is 695 g/mol. The van der Waals surface area contributed by atoms with Crippen LogP contribution in [0.4, 0.5) is 9.59 Å². The Labute approximate surface area is 338 Å². The van der Waals surface area contributed by atoms with Crippen LogP contribution in [0.3, 0.4) is 0 Å². The molecule has 0 saturated heterocycles. The standard InChI is InChI=1S/2C19H35NO3.2Na/c2*1-2-3-4-5-6-7-8-9-10-11-12-13-14-15-16-17-18(21)20-19(22)23;;/h2*9-10H,2-8,11-17H2,1H3,(H,20,21)(H,22,23);;/q;;2*+1/p-2/b2*10-9-;;. The van der Waals surface area contributed by atoms with Gasteiger partial charge in [0.15, 0.2) is 0 Å². The third kappa shape index (κ3) is 52.2. The number of nitrogens with one attached hydrogen (secondary N) is 2. The molecule has 268 valence electrons. The maximum absolute atomic E-state index is 11.0. The quantitative estimate of drug-likeness (QED) is 0.0674. The summed E-state index contributed by atoms with van der Waals surface area (Å²) in [5.74, 6) is -0.912. The van der Waals surface area contributed by atoms with E-state index in [2.05, 4.69) is 38.2 Å². The average Bonchev–Trinajstić information content (AvgIpc) is 3.00. The second-order valence-corrected chi connectivity index (χ2v) is 12.3. The number of hydrogen-bond acceptors (Lipinski definition) is 6. The molecule has 48 heavy (non-hydrogen) atoms. The van der Waals surface area contributed by atoms with E-state index in [0.29, 0.717) is 0 Å². The van der Waals surface area contributed by atoms with Gasteiger partial charge < -0.3 is 30.4 Å². The summed E-state index contributed by atoms with van der Waals surface area (Å²) in [6.07, 6.45) is 38.0. The van der Waals surface area contributed by atoms with Gasteiger partial charge in [-0.05, 0) is 64.2 Å². The van der Waals surface area contributed by atoms with E-state index in [0.717, 1.165) is 51.4 Å². The second-order valence-electron chi connectivity index (χ2n) is 12.3. The molecule has 2 N–H and O–H groups in total. The fourth-order valence-electron chi connectivity index (χ4n) is 5.07. The molecule has 0 aromatic rings. The zero-order valence-corrected chi connectivity index (χ0v) is 35.6. The van der Waals surface area contributed by atoms with Gasteiger partial charge in [0.1, 0.15) is 12.2 Å². The molecule has 4 amide bonds. The minimum Gasteiger partial charge on any atom is -0.530 e. The molecule has 0 unspecified atom stereocenters. The van der Waals surface area contributed by atoms with E-state index >= 15 is 0 Å². The summed E-state index contributed by atoms with van der Waals surface area (Å²) in [4.78, 5) is 42.3. The van der Waals surface area contributed by atoms with Crippen molar-refractivity contribution in [2.45, 2.75) is 194 Å². The van der Waals surface area contributed by atoms with E-state index in [1.807, 2.05) is 0 Å². The number of hydrogen-bond donors (Lipinski definition) is 2. The zero-order valence-electron chi connectivity index (χ0n) is 31.6. The number of carbonyl (C=O) groups excluding carboxylic acids is 4. The third-order valence-electron chi connectivity index (χ3n) is 7.81. The van der Waals surface area contributed by atoms with Crippen molar-refractivity contribution in [3.05, 3.63) is 24.3 Å². The van der Waals surface area contributed by atoms with Gasteiger partial charge in [-0.3, -0.25) is 9.59 Å². The zero-order chi connectivity index (χ0) is 34.4. The maximum atomic E-state index is 11.0. The van der Waals surface area contributed by atoms with Crippen molar-refractivity contribution in [1.82, 2.24) is 10.6 Å². The SMILES string of the molecule is CCCCCCCC/C=C\CCCCCCCC(=O)NC(=O)[O-].CCCCCCCC/C=C\CCCCCCCC(=O)NC(=O)[O-].[Na+].[Na+]. The maximum Gasteiger partial charge on any atom is 1.00 e. The third-order valence-corrected chi connectivity index (χ3v) is 7.81. The van der Waals surface area contributed by atoms with Crippen molar-refractivity contribution >= 4 is 24.0 Å². The fourth-order valence-corrected chi connectivity index (χ4v) is 5.07. The van der Waals surface area contributed by atoms with Crippen LogP contribution in [0.15, 0.2) is 24.3 Å². The molecule has 0 saturated carbocycles. The smallest absolute Gasteiger partial charge is 0.530 e. The number of imide groups is 2. The normalized spacial score (nSPS) is 10.5. The summed E-state index contributed by atoms with van der Waals surface area (Å²) < 4.78 is 0. The predicted octanol–water partition coefficient (Wildman–Crippen LogP) is 2.97. The molecule has 0 aliphatic carbocycles. The first-order valence-electron chi connectivity index (χ1n) is 18.6. The molecule has 0 atom stereocenters. The van der Waals surface area contributed by atoms with Crippen molar-refractivity contribution in [3.8, 4) is 0 Å². The van der Waals surface area contributed by atoms with Gasteiger partial charge in [-0.1, -0.05) is 141 Å². The first-order valence-corrected chi connectivity index (χ1v) is 18.6. The van der Waals surface area contributed by atoms with Gasteiger partial charge in [-0.15, -0.1) is 0 Å². The Morgan fingerprint density at radius 2 is 0.625 bits per heavy atom. The Balaban J connectivity index is -0.000000387. The Hall–Kier alpha value is -0.640. The van der Waals surface area contributed by atoms with Crippen LogP contribution in [0.1, 0.15) is 194 Å². The summed E-state index contributed by atoms with van der Waals surface area (Å²) in [7, 11) is 0. The minimum atomic E-state index is -1.51. The molecule has 0 heterocycles. The minimum absolute atomic E-state index is 0. The molecular weight excluding hydrogens is 626 g/mol. The topological polar surface area (TPSA) is 138 Å². The predicted molar refractivity (Wildman–Crippen MR) is 186 cm³/mol. The van der Waals surface area contributed by atoms with Gasteiger partial charge in [0.25, 0.3) is 0 Å². The number of carbonyl (C=O) groups is 4. The molecular formula is C38H68N2Na2O6. The van der Waals surface area contributed by atoms with E-state index in [-0.39, 0.29) is 72.0 Å². The molecule has 0 aliphatic rings. The monoisotopic (exact) mass is 694 g/mol. The van der Waals surface area contributed by atoms with Crippen LogP contribution in [0.2, 0.25) is 0 Å². The first-order chi connectivity index (χ1) is 22.3. The molecule has 0 radical (unpaired) electrons. The molecule has 0 aromatic carbocycles. The van der Waals surface area contributed by atoms with Crippen molar-refractivity contribution in [3.63, 3.8) is 0 Å². The Bertz CT molecular complexity index is 729. The number of rotatable bonds is 30. The molecule has 10 heteroatoms. The Kier molecular flexibility index (Phi) is 52.3. The van der Waals surface area contributed by atoms with Gasteiger partial charge >= 0.3 is 59.1 Å². The number of unbranched alkanes of at least 4 members (excludes halogenated alkanes) is 22. The van der Waals surface area contributed by atoms with Crippen LogP contribution >= 0.6 is 0 Å². The fraction of sp³-hybridized carbons (Fsp3) is 0.789. The Morgan fingerprint density at radius 3 is 0.875 bits per heavy atom. The number of carboxylic acid groups (broad SMARTS) is 2. The van der Waals surface area contributed by atoms with Gasteiger partial charge in [0, 0.05) is 12.8 Å². The first kappa shape index (κ1) is 54.1. The Morgan fingerprint density at radius 1 is 0.396 bits per heavy atom. The van der Waals surface area contributed by atoms with Crippen LogP contribution < -0.4 is 80.0 Å². The van der Waals surface area contributed by atoms with Gasteiger partial charge in [0.05, 0.1) is 0 Å². The summed E-state index contributed by atoms with van der Waals surface area (Å²) >= 11 is 0. The number of amides is 4. The molecule has 0 fully saturated rings. The molecule has 0 rings (SSSR count). The molecule has 0 aliphatic heterocycles. The van der Waals surface area contributed by atoms with Crippen molar-refractivity contribution < 1.29 is 88.5 Å². The van der Waals surface area contributed by atoms with Gasteiger partial charge in [-0.2, -0.15) is 0 Å². The van der Waals surface area contributed by atoms with Crippen LogP contribution in [-0.2, 0) is 9.59 Å². The molecule has 0 spiro atoms. The van der Waals surface area contributed by atoms with Crippen molar-refractivity contribution in [2.75, 3.05) is 0 Å². The van der Waals surface area contributed by atoms with E-state index in [4.69, 9.17) is 0 Å². The molecule has 0 bridgehead atoms. The van der Waals surface area contributed by atoms with E-state index in [1.165, 1.54) is 116 Å². The number of allylic oxidation sites excluding steroid dienone is 4. The van der Waals surface area contributed by atoms with E-state index in [9.17, 15) is 29.4 Å². The van der Waals surface area contributed by atoms with Crippen molar-refractivity contribution in [1.29, 1.82) is 0 Å². The molecule has 8 nitrogen and oxygen atoms in total.